The first-order chi connectivity index (χ1) is 43.2. The average molecular weight is 1290 g/mol. The van der Waals surface area contributed by atoms with Gasteiger partial charge in [-0.05, 0) is 127 Å². The maximum absolute atomic E-state index is 14.6. The van der Waals surface area contributed by atoms with Crippen LogP contribution >= 0.6 is 46.4 Å². The molecule has 5 N–H and O–H groups in total. The van der Waals surface area contributed by atoms with E-state index in [-0.39, 0.29) is 34.4 Å². The van der Waals surface area contributed by atoms with Gasteiger partial charge in [0.25, 0.3) is 5.56 Å². The monoisotopic (exact) mass is 1290 g/mol. The fraction of sp³-hybridized carbons (Fsp3) is 0.162. The standard InChI is InChI=1S/C23H20ClFN4O.C22H18ClFN4O.C15H16ClFN2O.C8H5ClN2/c1-13(2)22-21(28-20-7-9-27-19-6-8-26-12-17(19)20)11-16(23(29-22)30-3)15-10-14(24)4-5-18(15)25;1-12(2)21-20(27-19-6-8-26-18-5-7-25-11-16(18)19)10-15(22(29)28-21)14-9-13(23)3-4-17(14)24;1-8(2)14-13(18)7-11(15(19-14)20-3)10-6-9(16)4-5-12(10)17;9-7-1-4-11-8-2-3-10-5-6(7)8/h4-13H,1-3H3,(H,27,28);3-12H,1-2H3,(H,26,27)(H,28,29);4-8H,18H2,1-3H3;1-5H. The Morgan fingerprint density at radius 2 is 0.867 bits per heavy atom. The Balaban J connectivity index is 0.000000150. The maximum atomic E-state index is 14.6. The number of hydrogen-bond donors (Lipinski definition) is 4. The fourth-order valence-electron chi connectivity index (χ4n) is 9.59. The summed E-state index contributed by atoms with van der Waals surface area (Å²) in [4.78, 5) is 49.8. The van der Waals surface area contributed by atoms with Gasteiger partial charge >= 0.3 is 0 Å². The third-order valence-electron chi connectivity index (χ3n) is 14.0. The number of hydrogen-bond acceptors (Lipinski definition) is 14. The van der Waals surface area contributed by atoms with Crippen LogP contribution in [0.3, 0.4) is 0 Å². The molecule has 90 heavy (non-hydrogen) atoms. The highest BCUT2D eigenvalue weighted by Gasteiger charge is 2.22. The Bertz CT molecular complexity index is 4620. The third kappa shape index (κ3) is 15.2. The lowest BCUT2D eigenvalue weighted by molar-refractivity contribution is 0.397. The van der Waals surface area contributed by atoms with E-state index in [0.29, 0.717) is 65.5 Å². The van der Waals surface area contributed by atoms with E-state index in [1.807, 2.05) is 77.9 Å². The van der Waals surface area contributed by atoms with Crippen molar-refractivity contribution in [2.75, 3.05) is 30.6 Å². The summed E-state index contributed by atoms with van der Waals surface area (Å²) in [6, 6.07) is 29.1. The van der Waals surface area contributed by atoms with Crippen LogP contribution in [0.5, 0.6) is 11.8 Å². The number of pyridine rings is 9. The van der Waals surface area contributed by atoms with Gasteiger partial charge in [-0.15, -0.1) is 0 Å². The molecular weight excluding hydrogens is 1230 g/mol. The number of nitrogen functional groups attached to an aromatic ring is 1. The van der Waals surface area contributed by atoms with E-state index < -0.39 is 17.5 Å². The summed E-state index contributed by atoms with van der Waals surface area (Å²) >= 11 is 24.0. The molecule has 12 aromatic rings. The summed E-state index contributed by atoms with van der Waals surface area (Å²) in [5, 5.41) is 11.3. The first-order valence-corrected chi connectivity index (χ1v) is 29.6. The Labute approximate surface area is 536 Å². The first-order valence-electron chi connectivity index (χ1n) is 28.1. The van der Waals surface area contributed by atoms with Gasteiger partial charge in [0.1, 0.15) is 17.5 Å². The Morgan fingerprint density at radius 3 is 1.32 bits per heavy atom. The van der Waals surface area contributed by atoms with Crippen LogP contribution < -0.4 is 31.4 Å². The van der Waals surface area contributed by atoms with Gasteiger partial charge < -0.3 is 30.8 Å². The number of benzene rings is 3. The van der Waals surface area contributed by atoms with Crippen molar-refractivity contribution < 1.29 is 22.6 Å². The van der Waals surface area contributed by atoms with E-state index in [1.54, 1.807) is 80.0 Å². The van der Waals surface area contributed by atoms with E-state index in [9.17, 15) is 18.0 Å². The lowest BCUT2D eigenvalue weighted by Gasteiger charge is -2.19. The molecule has 0 unspecified atom stereocenters. The molecule has 0 saturated carbocycles. The van der Waals surface area contributed by atoms with Crippen LogP contribution in [0.4, 0.5) is 41.6 Å². The highest BCUT2D eigenvalue weighted by Crippen LogP contribution is 2.41. The van der Waals surface area contributed by atoms with Crippen LogP contribution in [0.2, 0.25) is 20.1 Å². The molecule has 0 aliphatic rings. The number of fused-ring (bicyclic) bond motifs is 3. The molecular formula is C68H59Cl4F3N12O3. The van der Waals surface area contributed by atoms with E-state index in [2.05, 4.69) is 55.5 Å². The van der Waals surface area contributed by atoms with Crippen molar-refractivity contribution in [3.05, 3.63) is 230 Å². The molecule has 12 rings (SSSR count). The molecule has 22 heteroatoms. The Morgan fingerprint density at radius 1 is 0.456 bits per heavy atom. The van der Waals surface area contributed by atoms with Gasteiger partial charge in [0.15, 0.2) is 0 Å². The first kappa shape index (κ1) is 65.0. The van der Waals surface area contributed by atoms with Crippen LogP contribution in [0.25, 0.3) is 66.1 Å². The maximum Gasteiger partial charge on any atom is 0.256 e. The molecule has 9 heterocycles. The van der Waals surface area contributed by atoms with Crippen molar-refractivity contribution >= 4 is 108 Å². The lowest BCUT2D eigenvalue weighted by atomic mass is 10.0. The smallest absolute Gasteiger partial charge is 0.256 e. The van der Waals surface area contributed by atoms with Gasteiger partial charge in [-0.25, -0.2) is 23.1 Å². The zero-order valence-corrected chi connectivity index (χ0v) is 52.9. The topological polar surface area (TPSA) is 205 Å². The van der Waals surface area contributed by atoms with Gasteiger partial charge in [0.05, 0.1) is 81.2 Å². The van der Waals surface area contributed by atoms with E-state index in [0.717, 1.165) is 66.9 Å². The third-order valence-corrected chi connectivity index (χ3v) is 15.0. The second kappa shape index (κ2) is 29.2. The molecule has 15 nitrogen and oxygen atoms in total. The van der Waals surface area contributed by atoms with Crippen LogP contribution in [0, 0.1) is 17.5 Å². The minimum Gasteiger partial charge on any atom is -0.481 e. The van der Waals surface area contributed by atoms with Crippen LogP contribution in [-0.4, -0.2) is 59.1 Å². The van der Waals surface area contributed by atoms with Gasteiger partial charge in [0, 0.05) is 121 Å². The second-order valence-electron chi connectivity index (χ2n) is 21.1. The number of rotatable bonds is 12. The fourth-order valence-corrected chi connectivity index (χ4v) is 10.3. The summed E-state index contributed by atoms with van der Waals surface area (Å²) in [6.07, 6.45) is 15.4. The predicted molar refractivity (Wildman–Crippen MR) is 357 cm³/mol. The number of aromatic amines is 1. The normalized spacial score (nSPS) is 11.0. The van der Waals surface area contributed by atoms with Crippen LogP contribution in [0.15, 0.2) is 170 Å². The van der Waals surface area contributed by atoms with Crippen molar-refractivity contribution in [1.29, 1.82) is 0 Å². The summed E-state index contributed by atoms with van der Waals surface area (Å²) < 4.78 is 53.8. The number of nitrogens with two attached hydrogens (primary N) is 1. The Kier molecular flexibility index (Phi) is 21.1. The van der Waals surface area contributed by atoms with Gasteiger partial charge in [-0.3, -0.25) is 34.7 Å². The van der Waals surface area contributed by atoms with Crippen molar-refractivity contribution in [1.82, 2.24) is 44.9 Å². The number of aromatic nitrogens is 9. The molecule has 0 bridgehead atoms. The summed E-state index contributed by atoms with van der Waals surface area (Å²) in [7, 11) is 3.02. The van der Waals surface area contributed by atoms with E-state index in [1.165, 1.54) is 62.8 Å². The highest BCUT2D eigenvalue weighted by molar-refractivity contribution is 6.35. The zero-order chi connectivity index (χ0) is 64.3. The number of ether oxygens (including phenoxy) is 2. The lowest BCUT2D eigenvalue weighted by Crippen LogP contribution is -2.15. The van der Waals surface area contributed by atoms with Crippen molar-refractivity contribution in [2.24, 2.45) is 0 Å². The predicted octanol–water partition coefficient (Wildman–Crippen LogP) is 18.5. The molecule has 0 atom stereocenters. The number of halogens is 7. The molecule has 3 aromatic carbocycles. The minimum atomic E-state index is -0.512. The average Bonchev–Trinajstić information content (AvgIpc) is 0.958. The van der Waals surface area contributed by atoms with E-state index in [4.69, 9.17) is 61.6 Å². The quantitative estimate of drug-likeness (QED) is 0.0899. The van der Waals surface area contributed by atoms with Gasteiger partial charge in [0.2, 0.25) is 11.8 Å². The molecule has 0 amide bonds. The Hall–Kier alpha value is -9.46. The summed E-state index contributed by atoms with van der Waals surface area (Å²) in [5.41, 5.74) is 15.9. The van der Waals surface area contributed by atoms with Gasteiger partial charge in [-0.2, -0.15) is 0 Å². The number of anilines is 5. The molecule has 0 saturated heterocycles. The van der Waals surface area contributed by atoms with Crippen molar-refractivity contribution in [3.63, 3.8) is 0 Å². The molecule has 458 valence electrons. The largest absolute Gasteiger partial charge is 0.481 e. The molecule has 9 aromatic heterocycles. The molecule has 0 fully saturated rings. The van der Waals surface area contributed by atoms with E-state index >= 15 is 0 Å². The molecule has 0 aliphatic carbocycles. The number of nitrogens with zero attached hydrogens (tertiary/aromatic N) is 8. The second-order valence-corrected chi connectivity index (χ2v) is 22.8. The minimum absolute atomic E-state index is 0.0367. The van der Waals surface area contributed by atoms with Crippen molar-refractivity contribution in [3.8, 4) is 45.1 Å². The summed E-state index contributed by atoms with van der Waals surface area (Å²) in [5.74, 6) is -0.340. The molecule has 0 spiro atoms. The zero-order valence-electron chi connectivity index (χ0n) is 49.8. The number of H-pyrrole nitrogens is 1. The molecule has 0 radical (unpaired) electrons. The number of methoxy groups -OCH3 is 2. The summed E-state index contributed by atoms with van der Waals surface area (Å²) in [6.45, 7) is 12.0. The van der Waals surface area contributed by atoms with Gasteiger partial charge in [-0.1, -0.05) is 87.9 Å². The van der Waals surface area contributed by atoms with Crippen LogP contribution in [0.1, 0.15) is 76.4 Å². The SMILES string of the molecule is CC(C)c1[nH]c(=O)c(-c2cc(Cl)ccc2F)cc1Nc1ccnc2ccncc12.COc1nc(C(C)C)c(N)cc1-c1cc(Cl)ccc1F.COc1nc(C(C)C)c(Nc2ccnc3ccncc23)cc1-c1cc(Cl)ccc1F.Clc1ccnc2ccncc12. The van der Waals surface area contributed by atoms with Crippen molar-refractivity contribution in [2.45, 2.75) is 59.3 Å². The number of nitrogens with one attached hydrogen (secondary N) is 3. The highest BCUT2D eigenvalue weighted by atomic mass is 35.5. The van der Waals surface area contributed by atoms with Crippen LogP contribution in [-0.2, 0) is 0 Å². The molecule has 0 aliphatic heterocycles.